The van der Waals surface area contributed by atoms with Crippen molar-refractivity contribution < 1.29 is 154 Å². The second-order valence-corrected chi connectivity index (χ2v) is 16.8. The maximum absolute atomic E-state index is 11.2. The third kappa shape index (κ3) is 11.4. The predicted molar refractivity (Wildman–Crippen MR) is 199 cm³/mol. The molecular weight excluding hydrogens is 928 g/mol. The van der Waals surface area contributed by atoms with E-state index in [1.807, 2.05) is 0 Å². The summed E-state index contributed by atoms with van der Waals surface area (Å²) in [6, 6.07) is 0. The maximum atomic E-state index is 11.2. The fourth-order valence-corrected chi connectivity index (χ4v) is 8.42. The Balaban J connectivity index is 1.06. The second-order valence-electron chi connectivity index (χ2n) is 16.8. The van der Waals surface area contributed by atoms with Crippen LogP contribution < -0.4 is 0 Å². The zero-order chi connectivity index (χ0) is 49.3. The number of rotatable bonds is 16. The largest absolute Gasteiger partial charge is 0.394 e. The van der Waals surface area contributed by atoms with Crippen LogP contribution in [-0.2, 0) is 52.1 Å². The van der Waals surface area contributed by atoms with Crippen LogP contribution in [0.25, 0.3) is 0 Å². The Bertz CT molecular complexity index is 1500. The monoisotopic (exact) mass is 990 g/mol. The number of hydrogen-bond acceptors (Lipinski definition) is 31. The lowest BCUT2D eigenvalue weighted by Gasteiger charge is -2.49. The van der Waals surface area contributed by atoms with Gasteiger partial charge in [0.05, 0.1) is 39.6 Å². The van der Waals surface area contributed by atoms with Crippen molar-refractivity contribution >= 4 is 0 Å². The van der Waals surface area contributed by atoms with Crippen molar-refractivity contribution in [3.05, 3.63) is 0 Å². The van der Waals surface area contributed by atoms with Crippen molar-refractivity contribution in [2.45, 2.75) is 184 Å². The lowest BCUT2D eigenvalue weighted by Crippen LogP contribution is -2.68. The Morgan fingerprint density at radius 1 is 0.254 bits per heavy atom. The molecule has 20 N–H and O–H groups in total. The minimum absolute atomic E-state index is 0.753. The molecule has 6 rings (SSSR count). The van der Waals surface area contributed by atoms with Crippen molar-refractivity contribution in [1.29, 1.82) is 0 Å². The molecule has 6 aliphatic heterocycles. The molecule has 6 heterocycles. The molecule has 0 aromatic heterocycles. The van der Waals surface area contributed by atoms with E-state index in [4.69, 9.17) is 52.1 Å². The Labute approximate surface area is 378 Å². The molecule has 0 aromatic carbocycles. The quantitative estimate of drug-likeness (QED) is 0.0683. The highest BCUT2D eigenvalue weighted by molar-refractivity contribution is 4.99. The summed E-state index contributed by atoms with van der Waals surface area (Å²) < 4.78 is 60.3. The topological polar surface area (TPSA) is 506 Å². The van der Waals surface area contributed by atoms with E-state index in [0.29, 0.717) is 0 Å². The van der Waals surface area contributed by atoms with Gasteiger partial charge in [-0.25, -0.2) is 0 Å². The van der Waals surface area contributed by atoms with Gasteiger partial charge in [0, 0.05) is 0 Å². The lowest BCUT2D eigenvalue weighted by atomic mass is 9.95. The first-order chi connectivity index (χ1) is 31.7. The van der Waals surface area contributed by atoms with Gasteiger partial charge in [0.25, 0.3) is 0 Å². The smallest absolute Gasteiger partial charge is 0.187 e. The summed E-state index contributed by atoms with van der Waals surface area (Å²) in [5.41, 5.74) is 0. The maximum Gasteiger partial charge on any atom is 0.187 e. The summed E-state index contributed by atoms with van der Waals surface area (Å²) in [4.78, 5) is 0. The Hall–Kier alpha value is -1.24. The molecule has 0 saturated carbocycles. The molecule has 1 unspecified atom stereocenters. The van der Waals surface area contributed by atoms with Gasteiger partial charge in [0.1, 0.15) is 146 Å². The summed E-state index contributed by atoms with van der Waals surface area (Å²) in [5, 5.41) is 209. The zero-order valence-electron chi connectivity index (χ0n) is 35.0. The van der Waals surface area contributed by atoms with E-state index in [0.717, 1.165) is 0 Å². The minimum atomic E-state index is -2.18. The third-order valence-electron chi connectivity index (χ3n) is 12.4. The van der Waals surface area contributed by atoms with Crippen LogP contribution in [0.3, 0.4) is 0 Å². The number of hydrogen-bond donors (Lipinski definition) is 20. The van der Waals surface area contributed by atoms with E-state index in [1.165, 1.54) is 0 Å². The fraction of sp³-hybridized carbons (Fsp3) is 1.00. The van der Waals surface area contributed by atoms with Gasteiger partial charge in [0.15, 0.2) is 37.7 Å². The highest BCUT2D eigenvalue weighted by Crippen LogP contribution is 2.36. The first kappa shape index (κ1) is 55.1. The Morgan fingerprint density at radius 2 is 0.522 bits per heavy atom. The van der Waals surface area contributed by atoms with E-state index in [9.17, 15) is 102 Å². The SMILES string of the molecule is OC[C@H]1O[C@@H](OC[C@H]2O[C@H](O[C@H]3[C@H](O)[C@@H](O)[C@@H](O[C@H]4[C@H](O)[C@@H](O)[C@@H](O[C@H]5[C@H](O)[C@@H](O)[C@@H](O[C@H]6[C@H](O)[C@@H](O)C(O)O[C@@H]6CO)O[C@@H]5CO)O[C@@H]4CO)O[C@@H]3CO)[C@H](O)[C@@H](O)[C@@H]2O)[C@H](O)[C@@H](O)[C@@H]1O. The molecule has 0 aromatic rings. The molecule has 0 amide bonds. The van der Waals surface area contributed by atoms with Crippen molar-refractivity contribution in [1.82, 2.24) is 0 Å². The average Bonchev–Trinajstić information content (AvgIpc) is 3.32. The van der Waals surface area contributed by atoms with Gasteiger partial charge in [0.2, 0.25) is 0 Å². The summed E-state index contributed by atoms with van der Waals surface area (Å²) in [6.45, 7) is -5.42. The second kappa shape index (κ2) is 23.5. The third-order valence-corrected chi connectivity index (χ3v) is 12.4. The van der Waals surface area contributed by atoms with E-state index >= 15 is 0 Å². The molecule has 31 nitrogen and oxygen atoms in total. The minimum Gasteiger partial charge on any atom is -0.394 e. The molecule has 0 bridgehead atoms. The van der Waals surface area contributed by atoms with Gasteiger partial charge in [-0.2, -0.15) is 0 Å². The predicted octanol–water partition coefficient (Wildman–Crippen LogP) is -14.1. The van der Waals surface area contributed by atoms with Crippen LogP contribution in [0.1, 0.15) is 0 Å². The molecule has 6 fully saturated rings. The molecule has 392 valence electrons. The highest BCUT2D eigenvalue weighted by atomic mass is 16.8. The average molecular weight is 991 g/mol. The van der Waals surface area contributed by atoms with E-state index in [1.54, 1.807) is 0 Å². The van der Waals surface area contributed by atoms with Crippen LogP contribution in [0.5, 0.6) is 0 Å². The summed E-state index contributed by atoms with van der Waals surface area (Å²) in [6.07, 6.45) is -56.2. The van der Waals surface area contributed by atoms with Crippen LogP contribution in [-0.4, -0.2) is 326 Å². The number of ether oxygens (including phenoxy) is 11. The molecule has 67 heavy (non-hydrogen) atoms. The fourth-order valence-electron chi connectivity index (χ4n) is 8.42. The number of aliphatic hydroxyl groups is 20. The van der Waals surface area contributed by atoms with E-state index < -0.39 is 224 Å². The van der Waals surface area contributed by atoms with Crippen LogP contribution in [0.2, 0.25) is 0 Å². The molecular formula is C36H62O31. The highest BCUT2D eigenvalue weighted by Gasteiger charge is 2.57. The standard InChI is InChI=1S/C36H62O31/c37-1-7-13(42)15(44)22(51)32(59-7)57-6-12-14(43)16(45)23(52)33(63-12)65-28-9(3-39)61-35(25(54)18(28)47)67-30-11(5-41)62-36(26(55)20(30)49)66-29-10(4-40)60-34(24(53)19(29)48)64-27-8(2-38)58-31(56)21(50)17(27)46/h7-56H,1-6H2/t7-,8-,9-,10-,11-,12-,13-,14-,15+,16+,17-,18-,19-,20-,21-,22-,23-,24-,25-,26-,27-,28-,29-,30-,31?,32-,33-,34-,35-,36-/m1/s1. The first-order valence-corrected chi connectivity index (χ1v) is 21.1. The van der Waals surface area contributed by atoms with Gasteiger partial charge < -0.3 is 154 Å². The van der Waals surface area contributed by atoms with Crippen molar-refractivity contribution in [2.75, 3.05) is 39.6 Å². The van der Waals surface area contributed by atoms with E-state index in [2.05, 4.69) is 0 Å². The normalized spacial score (nSPS) is 53.4. The zero-order valence-corrected chi connectivity index (χ0v) is 35.0. The van der Waals surface area contributed by atoms with Crippen molar-refractivity contribution in [2.24, 2.45) is 0 Å². The number of aliphatic hydroxyl groups excluding tert-OH is 20. The first-order valence-electron chi connectivity index (χ1n) is 21.1. The van der Waals surface area contributed by atoms with Gasteiger partial charge in [-0.15, -0.1) is 0 Å². The van der Waals surface area contributed by atoms with Gasteiger partial charge in [-0.3, -0.25) is 0 Å². The van der Waals surface area contributed by atoms with Crippen LogP contribution in [0.15, 0.2) is 0 Å². The summed E-state index contributed by atoms with van der Waals surface area (Å²) in [7, 11) is 0. The van der Waals surface area contributed by atoms with Crippen LogP contribution >= 0.6 is 0 Å². The molecule has 30 atom stereocenters. The van der Waals surface area contributed by atoms with Gasteiger partial charge >= 0.3 is 0 Å². The van der Waals surface area contributed by atoms with Gasteiger partial charge in [-0.05, 0) is 0 Å². The Morgan fingerprint density at radius 3 is 0.881 bits per heavy atom. The Kier molecular flexibility index (Phi) is 19.4. The van der Waals surface area contributed by atoms with Crippen LogP contribution in [0.4, 0.5) is 0 Å². The molecule has 0 aliphatic carbocycles. The summed E-state index contributed by atoms with van der Waals surface area (Å²) >= 11 is 0. The van der Waals surface area contributed by atoms with Crippen molar-refractivity contribution in [3.8, 4) is 0 Å². The molecule has 6 saturated heterocycles. The summed E-state index contributed by atoms with van der Waals surface area (Å²) in [5.74, 6) is 0. The molecule has 0 radical (unpaired) electrons. The molecule has 0 spiro atoms. The lowest BCUT2D eigenvalue weighted by molar-refractivity contribution is -0.393. The molecule has 6 aliphatic rings. The molecule has 31 heteroatoms. The van der Waals surface area contributed by atoms with E-state index in [-0.39, 0.29) is 0 Å². The van der Waals surface area contributed by atoms with Crippen molar-refractivity contribution in [3.63, 3.8) is 0 Å². The van der Waals surface area contributed by atoms with Gasteiger partial charge in [-0.1, -0.05) is 0 Å². The van der Waals surface area contributed by atoms with Crippen LogP contribution in [0, 0.1) is 0 Å².